The van der Waals surface area contributed by atoms with Gasteiger partial charge in [0.05, 0.1) is 0 Å². The van der Waals surface area contributed by atoms with Gasteiger partial charge in [-0.25, -0.2) is 0 Å². The van der Waals surface area contributed by atoms with Gasteiger partial charge in [-0.05, 0) is 0 Å². The molecule has 0 bridgehead atoms. The van der Waals surface area contributed by atoms with Gasteiger partial charge in [-0.15, -0.1) is 0 Å². The summed E-state index contributed by atoms with van der Waals surface area (Å²) in [6.45, 7) is 2.32. The summed E-state index contributed by atoms with van der Waals surface area (Å²) in [6, 6.07) is 0. The molecule has 67 valence electrons. The van der Waals surface area contributed by atoms with Crippen molar-refractivity contribution in [1.29, 1.82) is 0 Å². The van der Waals surface area contributed by atoms with Gasteiger partial charge in [0.1, 0.15) is 0 Å². The van der Waals surface area contributed by atoms with E-state index in [1.54, 1.807) is 11.1 Å². The van der Waals surface area contributed by atoms with Crippen molar-refractivity contribution in [3.63, 3.8) is 0 Å². The summed E-state index contributed by atoms with van der Waals surface area (Å²) in [5.74, 6) is 0. The van der Waals surface area contributed by atoms with Crippen molar-refractivity contribution < 1.29 is 21.9 Å². The first-order valence-corrected chi connectivity index (χ1v) is 5.47. The Balaban J connectivity index is 0.000000980. The summed E-state index contributed by atoms with van der Waals surface area (Å²) in [5.41, 5.74) is 3.09. The Labute approximate surface area is 93.0 Å². The Bertz CT molecular complexity index is 300. The maximum atomic E-state index is 2.32. The van der Waals surface area contributed by atoms with E-state index in [-0.39, 0.29) is 5.15 Å². The first-order chi connectivity index (χ1) is 6.21. The zero-order valence-corrected chi connectivity index (χ0v) is 9.44. The van der Waals surface area contributed by atoms with Gasteiger partial charge in [-0.3, -0.25) is 0 Å². The minimum Gasteiger partial charge on any atom is -1.00 e. The Kier molecular flexibility index (Phi) is 2.44. The predicted octanol–water partition coefficient (Wildman–Crippen LogP) is 3.60. The summed E-state index contributed by atoms with van der Waals surface area (Å²) in [4.78, 5) is 0. The van der Waals surface area contributed by atoms with Gasteiger partial charge in [-0.1, -0.05) is 0 Å². The average molecular weight is 206 g/mol. The number of rotatable bonds is 2. The van der Waals surface area contributed by atoms with Gasteiger partial charge in [0, 0.05) is 0 Å². The summed E-state index contributed by atoms with van der Waals surface area (Å²) in [6.07, 6.45) is 15.6. The Morgan fingerprint density at radius 2 is 1.62 bits per heavy atom. The second-order valence-corrected chi connectivity index (χ2v) is 5.33. The molecular weight excluding hydrogens is 192 g/mol. The molecule has 0 saturated heterocycles. The number of allylic oxidation sites excluding steroid dienone is 8. The molecule has 0 aromatic heterocycles. The third kappa shape index (κ3) is 1.66. The molecule has 2 rings (SSSR count). The van der Waals surface area contributed by atoms with Crippen LogP contribution in [0.15, 0.2) is 47.6 Å². The third-order valence-electron chi connectivity index (χ3n) is 2.83. The molecule has 0 fully saturated rings. The van der Waals surface area contributed by atoms with Gasteiger partial charge >= 0.3 is 91.5 Å². The summed E-state index contributed by atoms with van der Waals surface area (Å²) >= 11 is 2.32. The van der Waals surface area contributed by atoms with Crippen LogP contribution < -0.4 is 0 Å². The quantitative estimate of drug-likeness (QED) is 0.605. The van der Waals surface area contributed by atoms with E-state index in [4.69, 9.17) is 0 Å². The van der Waals surface area contributed by atoms with Crippen LogP contribution in [0.4, 0.5) is 0 Å². The van der Waals surface area contributed by atoms with Gasteiger partial charge in [-0.2, -0.15) is 0 Å². The van der Waals surface area contributed by atoms with Gasteiger partial charge < -0.3 is 1.43 Å². The molecule has 0 N–H and O–H groups in total. The molecule has 2 aliphatic rings. The number of hydrogen-bond acceptors (Lipinski definition) is 0. The fourth-order valence-corrected chi connectivity index (χ4v) is 2.42. The van der Waals surface area contributed by atoms with Crippen LogP contribution in [0, 0.1) is 0 Å². The van der Waals surface area contributed by atoms with Crippen molar-refractivity contribution in [1.82, 2.24) is 0 Å². The van der Waals surface area contributed by atoms with Crippen molar-refractivity contribution in [2.24, 2.45) is 0 Å². The minimum absolute atomic E-state index is 0. The topological polar surface area (TPSA) is 0 Å². The first kappa shape index (κ1) is 9.24. The largest absolute Gasteiger partial charge is 1.00 e. The van der Waals surface area contributed by atoms with Crippen LogP contribution in [0.1, 0.15) is 21.2 Å². The Morgan fingerprint density at radius 3 is 1.92 bits per heavy atom. The smallest absolute Gasteiger partial charge is 1.00 e. The van der Waals surface area contributed by atoms with E-state index in [0.29, 0.717) is 0 Å². The standard InChI is InChI=1S/C12H13.Ti.H/c1-10(11-6-2-3-7-11)12-8-4-5-9-12;;/h2-6,8H,7,9H2,1H3;;/q;;-1. The molecule has 0 atom stereocenters. The Morgan fingerprint density at radius 1 is 1.15 bits per heavy atom. The fourth-order valence-electron chi connectivity index (χ4n) is 1.84. The number of hydrogen-bond donors (Lipinski definition) is 0. The molecule has 1 heteroatoms. The van der Waals surface area contributed by atoms with Crippen LogP contribution >= 0.6 is 0 Å². The zero-order chi connectivity index (χ0) is 9.31. The molecule has 0 radical (unpaired) electrons. The first-order valence-electron chi connectivity index (χ1n) is 4.68. The summed E-state index contributed by atoms with van der Waals surface area (Å²) in [7, 11) is 0. The van der Waals surface area contributed by atoms with Crippen molar-refractivity contribution >= 4 is 0 Å². The Hall–Kier alpha value is -0.326. The maximum absolute atomic E-state index is 2.32. The monoisotopic (exact) mass is 206 g/mol. The molecule has 0 spiro atoms. The predicted molar refractivity (Wildman–Crippen MR) is 53.2 cm³/mol. The molecule has 0 aliphatic heterocycles. The molecule has 0 aromatic rings. The van der Waals surface area contributed by atoms with Crippen LogP contribution in [-0.2, 0) is 20.4 Å². The molecule has 0 amide bonds. The second kappa shape index (κ2) is 3.44. The van der Waals surface area contributed by atoms with Gasteiger partial charge in [0.2, 0.25) is 0 Å². The maximum Gasteiger partial charge on any atom is -1.00 e. The van der Waals surface area contributed by atoms with Crippen LogP contribution in [0.25, 0.3) is 0 Å². The van der Waals surface area contributed by atoms with E-state index in [2.05, 4.69) is 63.8 Å². The molecular formula is C12H14Ti-. The molecule has 13 heavy (non-hydrogen) atoms. The van der Waals surface area contributed by atoms with Crippen molar-refractivity contribution in [2.75, 3.05) is 0 Å². The zero-order valence-electron chi connectivity index (χ0n) is 8.88. The second-order valence-electron chi connectivity index (χ2n) is 3.77. The minimum atomic E-state index is 0. The van der Waals surface area contributed by atoms with Gasteiger partial charge in [0.15, 0.2) is 0 Å². The van der Waals surface area contributed by atoms with Crippen LogP contribution in [-0.4, -0.2) is 0 Å². The van der Waals surface area contributed by atoms with Crippen molar-refractivity contribution in [3.8, 4) is 0 Å². The molecule has 0 unspecified atom stereocenters. The fraction of sp³-hybridized carbons (Fsp3) is 0.333. The molecule has 0 nitrogen and oxygen atoms in total. The van der Waals surface area contributed by atoms with Crippen LogP contribution in [0.3, 0.4) is 0 Å². The third-order valence-corrected chi connectivity index (χ3v) is 3.83. The molecule has 0 saturated carbocycles. The molecule has 0 heterocycles. The van der Waals surface area contributed by atoms with Crippen molar-refractivity contribution in [2.45, 2.75) is 23.5 Å². The van der Waals surface area contributed by atoms with E-state index >= 15 is 0 Å². The van der Waals surface area contributed by atoms with E-state index in [1.165, 1.54) is 0 Å². The van der Waals surface area contributed by atoms with Gasteiger partial charge in [0.25, 0.3) is 0 Å². The van der Waals surface area contributed by atoms with Crippen molar-refractivity contribution in [3.05, 3.63) is 47.6 Å². The SMILES string of the molecule is C[C]([Ti])(C1=CC=CC1)C1=CC=CC1.[H-]. The van der Waals surface area contributed by atoms with E-state index < -0.39 is 0 Å². The van der Waals surface area contributed by atoms with Crippen LogP contribution in [0.2, 0.25) is 3.72 Å². The summed E-state index contributed by atoms with van der Waals surface area (Å²) in [5, 5.41) is 0. The van der Waals surface area contributed by atoms with E-state index in [9.17, 15) is 0 Å². The molecule has 0 aromatic carbocycles. The normalized spacial score (nSPS) is 20.6. The van der Waals surface area contributed by atoms with E-state index in [0.717, 1.165) is 12.8 Å². The molecule has 2 aliphatic carbocycles. The van der Waals surface area contributed by atoms with E-state index in [1.807, 2.05) is 0 Å². The average Bonchev–Trinajstić information content (AvgIpc) is 2.78. The summed E-state index contributed by atoms with van der Waals surface area (Å²) < 4.78 is 0.257. The van der Waals surface area contributed by atoms with Crippen LogP contribution in [0.5, 0.6) is 0 Å².